The maximum absolute atomic E-state index is 13.2. The normalized spacial score (nSPS) is 18.8. The van der Waals surface area contributed by atoms with Crippen molar-refractivity contribution in [1.82, 2.24) is 9.62 Å². The zero-order valence-electron chi connectivity index (χ0n) is 14.8. The number of nitrogens with zero attached hydrogens (tertiary/aromatic N) is 1. The van der Waals surface area contributed by atoms with Crippen molar-refractivity contribution >= 4 is 15.9 Å². The van der Waals surface area contributed by atoms with Crippen molar-refractivity contribution in [3.05, 3.63) is 23.8 Å². The van der Waals surface area contributed by atoms with Gasteiger partial charge in [-0.3, -0.25) is 4.79 Å². The zero-order chi connectivity index (χ0) is 18.0. The molecule has 138 valence electrons. The molecule has 0 atom stereocenters. The average Bonchev–Trinajstić information content (AvgIpc) is 3.47. The van der Waals surface area contributed by atoms with Gasteiger partial charge in [0.25, 0.3) is 5.91 Å². The van der Waals surface area contributed by atoms with Crippen molar-refractivity contribution in [3.8, 4) is 5.75 Å². The first-order valence-corrected chi connectivity index (χ1v) is 10.4. The highest BCUT2D eigenvalue weighted by atomic mass is 32.2. The third-order valence-electron chi connectivity index (χ3n) is 5.11. The molecule has 0 heterocycles. The monoisotopic (exact) mass is 366 g/mol. The average molecular weight is 366 g/mol. The summed E-state index contributed by atoms with van der Waals surface area (Å²) in [6.07, 6.45) is 7.71. The van der Waals surface area contributed by atoms with E-state index in [2.05, 4.69) is 4.72 Å². The summed E-state index contributed by atoms with van der Waals surface area (Å²) in [7, 11) is -0.928. The van der Waals surface area contributed by atoms with Gasteiger partial charge in [0.1, 0.15) is 10.6 Å². The fourth-order valence-electron chi connectivity index (χ4n) is 3.62. The Labute approximate surface area is 149 Å². The topological polar surface area (TPSA) is 75.7 Å². The van der Waals surface area contributed by atoms with E-state index in [1.165, 1.54) is 26.6 Å². The molecule has 3 rings (SSSR count). The van der Waals surface area contributed by atoms with Gasteiger partial charge < -0.3 is 9.64 Å². The summed E-state index contributed by atoms with van der Waals surface area (Å²) < 4.78 is 32.0. The van der Waals surface area contributed by atoms with Crippen molar-refractivity contribution in [3.63, 3.8) is 0 Å². The molecule has 2 aliphatic carbocycles. The Morgan fingerprint density at radius 3 is 2.32 bits per heavy atom. The maximum atomic E-state index is 13.2. The minimum atomic E-state index is -3.70. The van der Waals surface area contributed by atoms with Crippen LogP contribution in [-0.2, 0) is 10.0 Å². The van der Waals surface area contributed by atoms with E-state index in [0.717, 1.165) is 38.5 Å². The molecule has 1 aromatic carbocycles. The van der Waals surface area contributed by atoms with E-state index in [9.17, 15) is 13.2 Å². The van der Waals surface area contributed by atoms with Gasteiger partial charge in [-0.1, -0.05) is 19.3 Å². The fourth-order valence-corrected chi connectivity index (χ4v) is 4.54. The molecule has 2 saturated carbocycles. The highest BCUT2D eigenvalue weighted by molar-refractivity contribution is 7.89. The predicted octanol–water partition coefficient (Wildman–Crippen LogP) is 2.54. The summed E-state index contributed by atoms with van der Waals surface area (Å²) >= 11 is 0. The van der Waals surface area contributed by atoms with E-state index in [-0.39, 0.29) is 22.6 Å². The van der Waals surface area contributed by atoms with Gasteiger partial charge in [-0.15, -0.1) is 0 Å². The molecule has 0 aromatic heterocycles. The van der Waals surface area contributed by atoms with Crippen LogP contribution in [0.1, 0.15) is 55.3 Å². The largest absolute Gasteiger partial charge is 0.495 e. The summed E-state index contributed by atoms with van der Waals surface area (Å²) in [5, 5.41) is 0. The zero-order valence-corrected chi connectivity index (χ0v) is 15.6. The first-order chi connectivity index (χ1) is 12.0. The first-order valence-electron chi connectivity index (χ1n) is 8.92. The molecular weight excluding hydrogens is 340 g/mol. The summed E-state index contributed by atoms with van der Waals surface area (Å²) in [5.74, 6) is 0.172. The minimum absolute atomic E-state index is 0.00254. The Morgan fingerprint density at radius 1 is 1.12 bits per heavy atom. The minimum Gasteiger partial charge on any atom is -0.495 e. The highest BCUT2D eigenvalue weighted by Gasteiger charge is 2.38. The number of rotatable bonds is 6. The summed E-state index contributed by atoms with van der Waals surface area (Å²) in [5.41, 5.74) is 0.409. The first kappa shape index (κ1) is 18.2. The van der Waals surface area contributed by atoms with Crippen LogP contribution in [0.25, 0.3) is 0 Å². The predicted molar refractivity (Wildman–Crippen MR) is 95.3 cm³/mol. The van der Waals surface area contributed by atoms with Gasteiger partial charge in [-0.25, -0.2) is 13.1 Å². The number of ether oxygens (including phenoxy) is 1. The van der Waals surface area contributed by atoms with Crippen LogP contribution >= 0.6 is 0 Å². The van der Waals surface area contributed by atoms with Crippen LogP contribution in [0.5, 0.6) is 5.75 Å². The smallest absolute Gasteiger partial charge is 0.254 e. The van der Waals surface area contributed by atoms with Gasteiger partial charge in [-0.05, 0) is 50.9 Å². The second kappa shape index (κ2) is 7.33. The molecule has 0 saturated heterocycles. The molecule has 0 bridgehead atoms. The summed E-state index contributed by atoms with van der Waals surface area (Å²) in [6, 6.07) is 5.24. The van der Waals surface area contributed by atoms with E-state index in [1.807, 2.05) is 4.90 Å². The molecule has 0 unspecified atom stereocenters. The van der Waals surface area contributed by atoms with Crippen LogP contribution in [0.15, 0.2) is 23.1 Å². The second-order valence-electron chi connectivity index (χ2n) is 6.81. The lowest BCUT2D eigenvalue weighted by atomic mass is 9.93. The van der Waals surface area contributed by atoms with E-state index >= 15 is 0 Å². The fraction of sp³-hybridized carbons (Fsp3) is 0.611. The van der Waals surface area contributed by atoms with Gasteiger partial charge in [-0.2, -0.15) is 0 Å². The van der Waals surface area contributed by atoms with Crippen molar-refractivity contribution in [2.24, 2.45) is 0 Å². The van der Waals surface area contributed by atoms with Crippen LogP contribution in [0.4, 0.5) is 0 Å². The number of nitrogens with one attached hydrogen (secondary N) is 1. The molecule has 0 spiro atoms. The lowest BCUT2D eigenvalue weighted by Gasteiger charge is -2.34. The van der Waals surface area contributed by atoms with Gasteiger partial charge >= 0.3 is 0 Å². The highest BCUT2D eigenvalue weighted by Crippen LogP contribution is 2.35. The Bertz CT molecular complexity index is 737. The van der Waals surface area contributed by atoms with E-state index in [0.29, 0.717) is 11.6 Å². The molecular formula is C18H26N2O4S. The summed E-state index contributed by atoms with van der Waals surface area (Å²) in [6.45, 7) is 0. The van der Waals surface area contributed by atoms with Crippen LogP contribution in [-0.4, -0.2) is 45.5 Å². The van der Waals surface area contributed by atoms with Gasteiger partial charge in [0, 0.05) is 17.6 Å². The van der Waals surface area contributed by atoms with Crippen LogP contribution in [0, 0.1) is 0 Å². The number of amides is 1. The molecule has 1 N–H and O–H groups in total. The molecule has 1 amide bonds. The van der Waals surface area contributed by atoms with Crippen molar-refractivity contribution in [2.75, 3.05) is 14.2 Å². The second-order valence-corrected chi connectivity index (χ2v) is 8.66. The molecule has 0 radical (unpaired) electrons. The number of carbonyl (C=O) groups is 1. The number of benzene rings is 1. The Morgan fingerprint density at radius 2 is 1.76 bits per heavy atom. The van der Waals surface area contributed by atoms with Gasteiger partial charge in [0.2, 0.25) is 10.0 Å². The number of hydrogen-bond acceptors (Lipinski definition) is 4. The summed E-state index contributed by atoms with van der Waals surface area (Å²) in [4.78, 5) is 15.2. The Kier molecular flexibility index (Phi) is 5.34. The van der Waals surface area contributed by atoms with Gasteiger partial charge in [0.05, 0.1) is 7.11 Å². The van der Waals surface area contributed by atoms with Crippen LogP contribution in [0.2, 0.25) is 0 Å². The molecule has 7 heteroatoms. The van der Waals surface area contributed by atoms with Crippen molar-refractivity contribution in [2.45, 2.75) is 61.9 Å². The van der Waals surface area contributed by atoms with E-state index < -0.39 is 10.0 Å². The molecule has 1 aromatic rings. The Hall–Kier alpha value is -1.60. The lowest BCUT2D eigenvalue weighted by Crippen LogP contribution is -2.43. The molecule has 2 fully saturated rings. The number of hydrogen-bond donors (Lipinski definition) is 1. The van der Waals surface area contributed by atoms with Gasteiger partial charge in [0.15, 0.2) is 0 Å². The van der Waals surface area contributed by atoms with Crippen molar-refractivity contribution in [1.29, 1.82) is 0 Å². The Balaban J connectivity index is 1.94. The van der Waals surface area contributed by atoms with Crippen molar-refractivity contribution < 1.29 is 17.9 Å². The number of carbonyl (C=O) groups excluding carboxylic acids is 1. The third-order valence-corrected chi connectivity index (χ3v) is 6.55. The molecule has 0 aliphatic heterocycles. The third kappa shape index (κ3) is 3.82. The SMILES string of the molecule is CNS(=O)(=O)c1cc(C(=O)N(C2CCCCC2)C2CC2)ccc1OC. The van der Waals surface area contributed by atoms with Crippen LogP contribution in [0.3, 0.4) is 0 Å². The molecule has 6 nitrogen and oxygen atoms in total. The standard InChI is InChI=1S/C18H26N2O4S/c1-19-25(22,23)17-12-13(8-11-16(17)24-2)18(21)20(15-9-10-15)14-6-4-3-5-7-14/h8,11-12,14-15,19H,3-7,9-10H2,1-2H3. The lowest BCUT2D eigenvalue weighted by molar-refractivity contribution is 0.0613. The molecule has 2 aliphatic rings. The maximum Gasteiger partial charge on any atom is 0.254 e. The van der Waals surface area contributed by atoms with E-state index in [4.69, 9.17) is 4.74 Å². The number of methoxy groups -OCH3 is 1. The van der Waals surface area contributed by atoms with Crippen LogP contribution < -0.4 is 9.46 Å². The van der Waals surface area contributed by atoms with E-state index in [1.54, 1.807) is 12.1 Å². The quantitative estimate of drug-likeness (QED) is 0.839. The molecule has 25 heavy (non-hydrogen) atoms. The number of sulfonamides is 1.